The number of rotatable bonds is 3. The minimum atomic E-state index is -0.377. The number of amides is 2. The molecule has 4 aliphatic rings. The summed E-state index contributed by atoms with van der Waals surface area (Å²) in [7, 11) is 0. The Morgan fingerprint density at radius 2 is 1.87 bits per heavy atom. The van der Waals surface area contributed by atoms with E-state index in [1.807, 2.05) is 27.7 Å². The van der Waals surface area contributed by atoms with E-state index in [1.54, 1.807) is 30.0 Å². The molecule has 4 atom stereocenters. The maximum atomic E-state index is 14.1. The summed E-state index contributed by atoms with van der Waals surface area (Å²) in [5, 5.41) is 21.0. The van der Waals surface area contributed by atoms with Crippen molar-refractivity contribution in [2.24, 2.45) is 11.8 Å². The van der Waals surface area contributed by atoms with Gasteiger partial charge in [0.15, 0.2) is 0 Å². The monoisotopic (exact) mass is 522 g/mol. The second-order valence-electron chi connectivity index (χ2n) is 10.6. The largest absolute Gasteiger partial charge is 0.733 e. The fraction of sp³-hybridized carbons (Fsp3) is 0.519. The first-order valence-electron chi connectivity index (χ1n) is 13.3. The fourth-order valence-corrected chi connectivity index (χ4v) is 7.00. The molecule has 6 rings (SSSR count). The molecule has 2 fully saturated rings. The van der Waals surface area contributed by atoms with E-state index in [1.165, 1.54) is 0 Å². The lowest BCUT2D eigenvalue weighted by Gasteiger charge is -2.55. The Hall–Kier alpha value is -3.57. The number of benzene rings is 1. The van der Waals surface area contributed by atoms with E-state index in [0.29, 0.717) is 52.3 Å². The molecule has 0 spiro atoms. The molecule has 38 heavy (non-hydrogen) atoms. The summed E-state index contributed by atoms with van der Waals surface area (Å²) in [6, 6.07) is 10.4. The van der Waals surface area contributed by atoms with Gasteiger partial charge in [0.05, 0.1) is 18.2 Å². The topological polar surface area (TPSA) is 122 Å². The molecular formula is C27H32N5O6-. The minimum Gasteiger partial charge on any atom is -0.733 e. The Labute approximate surface area is 220 Å². The summed E-state index contributed by atoms with van der Waals surface area (Å²) in [4.78, 5) is 44.7. The number of fused-ring (bicyclic) bond motifs is 8. The molecule has 0 saturated carbocycles. The average molecular weight is 523 g/mol. The Morgan fingerprint density at radius 1 is 1.11 bits per heavy atom. The summed E-state index contributed by atoms with van der Waals surface area (Å²) in [5.74, 6) is -0.0927. The third kappa shape index (κ3) is 4.10. The number of pyridine rings is 1. The lowest BCUT2D eigenvalue weighted by atomic mass is 9.69. The smallest absolute Gasteiger partial charge is 0.409 e. The van der Waals surface area contributed by atoms with Gasteiger partial charge in [-0.2, -0.15) is 0 Å². The predicted molar refractivity (Wildman–Crippen MR) is 139 cm³/mol. The molecule has 2 amide bonds. The summed E-state index contributed by atoms with van der Waals surface area (Å²) in [5.41, 5.74) is 2.96. The second kappa shape index (κ2) is 9.63. The maximum Gasteiger partial charge on any atom is 0.409 e. The number of hydrogen-bond donors (Lipinski definition) is 1. The van der Waals surface area contributed by atoms with Crippen molar-refractivity contribution in [2.75, 3.05) is 49.5 Å². The standard InChI is InChI=1S/C27H32N5O6/c1-2-38-27(35)29-10-8-28(9-11-29)26(34)21-14-17-13-20(32(36)37)6-7-23(17)31-15-18-12-19(25(21)31)16-30-22(18)4-3-5-24(30)33/h3-7,13,18-19,21,25,36H,2,8-12,14-16H2,1H3/q-1. The van der Waals surface area contributed by atoms with E-state index >= 15 is 0 Å². The quantitative estimate of drug-likeness (QED) is 0.608. The highest BCUT2D eigenvalue weighted by atomic mass is 16.8. The summed E-state index contributed by atoms with van der Waals surface area (Å²) < 4.78 is 6.99. The number of piperazine rings is 1. The minimum absolute atomic E-state index is 0.0112. The molecular weight excluding hydrogens is 490 g/mol. The van der Waals surface area contributed by atoms with E-state index in [0.717, 1.165) is 23.4 Å². The first kappa shape index (κ1) is 24.7. The first-order valence-corrected chi connectivity index (χ1v) is 13.3. The molecule has 1 N–H and O–H groups in total. The number of carbonyl (C=O) groups is 2. The van der Waals surface area contributed by atoms with Crippen LogP contribution in [0.1, 0.15) is 30.5 Å². The van der Waals surface area contributed by atoms with Gasteiger partial charge in [0.2, 0.25) is 5.91 Å². The molecule has 4 aliphatic heterocycles. The highest BCUT2D eigenvalue weighted by Crippen LogP contribution is 2.48. The van der Waals surface area contributed by atoms with Crippen LogP contribution in [0.25, 0.3) is 0 Å². The Morgan fingerprint density at radius 3 is 2.61 bits per heavy atom. The molecule has 4 unspecified atom stereocenters. The SMILES string of the molecule is CCOC(=O)N1CCN(C(=O)C2Cc3cc(N([O-])O)ccc3N3CC4CC(Cn5c4cccc5=O)C23)CC1. The van der Waals surface area contributed by atoms with Gasteiger partial charge in [0.25, 0.3) is 5.56 Å². The van der Waals surface area contributed by atoms with Crippen LogP contribution < -0.4 is 15.7 Å². The van der Waals surface area contributed by atoms with Crippen molar-refractivity contribution >= 4 is 23.4 Å². The van der Waals surface area contributed by atoms with Crippen LogP contribution >= 0.6 is 0 Å². The highest BCUT2D eigenvalue weighted by molar-refractivity contribution is 5.83. The number of aromatic nitrogens is 1. The predicted octanol–water partition coefficient (Wildman–Crippen LogP) is 2.01. The number of hydrogen-bond acceptors (Lipinski definition) is 8. The maximum absolute atomic E-state index is 14.1. The van der Waals surface area contributed by atoms with Crippen LogP contribution in [0.2, 0.25) is 0 Å². The number of carbonyl (C=O) groups excluding carboxylic acids is 2. The van der Waals surface area contributed by atoms with Crippen LogP contribution in [0.5, 0.6) is 0 Å². The molecule has 2 saturated heterocycles. The van der Waals surface area contributed by atoms with Crippen molar-refractivity contribution in [3.05, 3.63) is 63.2 Å². The third-order valence-corrected chi connectivity index (χ3v) is 8.65. The zero-order valence-corrected chi connectivity index (χ0v) is 21.4. The van der Waals surface area contributed by atoms with Gasteiger partial charge in [0.1, 0.15) is 0 Å². The average Bonchev–Trinajstić information content (AvgIpc) is 2.92. The van der Waals surface area contributed by atoms with Crippen LogP contribution in [0.3, 0.4) is 0 Å². The molecule has 11 heteroatoms. The van der Waals surface area contributed by atoms with Gasteiger partial charge in [-0.3, -0.25) is 14.8 Å². The Kier molecular flexibility index (Phi) is 6.27. The zero-order chi connectivity index (χ0) is 26.6. The van der Waals surface area contributed by atoms with Gasteiger partial charge in [-0.25, -0.2) is 4.79 Å². The van der Waals surface area contributed by atoms with Crippen LogP contribution in [0.4, 0.5) is 16.2 Å². The van der Waals surface area contributed by atoms with E-state index in [2.05, 4.69) is 4.90 Å². The molecule has 1 aromatic heterocycles. The normalized spacial score (nSPS) is 25.7. The van der Waals surface area contributed by atoms with E-state index < -0.39 is 0 Å². The third-order valence-electron chi connectivity index (χ3n) is 8.65. The van der Waals surface area contributed by atoms with Crippen LogP contribution in [0.15, 0.2) is 41.2 Å². The van der Waals surface area contributed by atoms with E-state index in [-0.39, 0.29) is 52.3 Å². The lowest BCUT2D eigenvalue weighted by Crippen LogP contribution is -2.62. The van der Waals surface area contributed by atoms with E-state index in [4.69, 9.17) is 4.74 Å². The van der Waals surface area contributed by atoms with Gasteiger partial charge in [0, 0.05) is 68.7 Å². The van der Waals surface area contributed by atoms with Gasteiger partial charge in [-0.05, 0) is 55.5 Å². The van der Waals surface area contributed by atoms with Crippen LogP contribution in [0, 0.1) is 17.0 Å². The number of piperidine rings is 1. The summed E-state index contributed by atoms with van der Waals surface area (Å²) in [6.45, 7) is 4.98. The van der Waals surface area contributed by atoms with Crippen LogP contribution in [-0.4, -0.2) is 76.9 Å². The van der Waals surface area contributed by atoms with Gasteiger partial charge in [-0.1, -0.05) is 6.07 Å². The van der Waals surface area contributed by atoms with Crippen molar-refractivity contribution in [3.63, 3.8) is 0 Å². The molecule has 11 nitrogen and oxygen atoms in total. The Balaban J connectivity index is 1.33. The van der Waals surface area contributed by atoms with Crippen LogP contribution in [-0.2, 0) is 22.5 Å². The van der Waals surface area contributed by atoms with Crippen molar-refractivity contribution in [1.29, 1.82) is 0 Å². The summed E-state index contributed by atoms with van der Waals surface area (Å²) in [6.07, 6.45) is 0.983. The molecule has 1 aromatic carbocycles. The van der Waals surface area contributed by atoms with E-state index in [9.17, 15) is 24.8 Å². The molecule has 2 aromatic rings. The molecule has 202 valence electrons. The number of ether oxygens (including phenoxy) is 1. The van der Waals surface area contributed by atoms with Crippen molar-refractivity contribution in [3.8, 4) is 0 Å². The van der Waals surface area contributed by atoms with Gasteiger partial charge >= 0.3 is 6.09 Å². The second-order valence-corrected chi connectivity index (χ2v) is 10.6. The van der Waals surface area contributed by atoms with Crippen molar-refractivity contribution < 1.29 is 19.5 Å². The van der Waals surface area contributed by atoms with Crippen molar-refractivity contribution in [1.82, 2.24) is 14.4 Å². The molecule has 2 bridgehead atoms. The first-order chi connectivity index (χ1) is 18.4. The number of anilines is 2. The number of nitrogens with zero attached hydrogens (tertiary/aromatic N) is 5. The molecule has 5 heterocycles. The summed E-state index contributed by atoms with van der Waals surface area (Å²) >= 11 is 0. The lowest BCUT2D eigenvalue weighted by molar-refractivity contribution is -0.139. The van der Waals surface area contributed by atoms with Gasteiger partial charge < -0.3 is 34.4 Å². The highest BCUT2D eigenvalue weighted by Gasteiger charge is 2.50. The molecule has 0 aliphatic carbocycles. The Bertz CT molecular complexity index is 1300. The fourth-order valence-electron chi connectivity index (χ4n) is 7.00. The van der Waals surface area contributed by atoms with Crippen molar-refractivity contribution in [2.45, 2.75) is 38.3 Å². The van der Waals surface area contributed by atoms with Gasteiger partial charge in [-0.15, -0.1) is 0 Å². The zero-order valence-electron chi connectivity index (χ0n) is 21.4. The molecule has 0 radical (unpaired) electrons.